The number of hydrogen-bond donors (Lipinski definition) is 1. The Morgan fingerprint density at radius 2 is 1.71 bits per heavy atom. The Balaban J connectivity index is 4.18. The van der Waals surface area contributed by atoms with E-state index in [1.807, 2.05) is 0 Å². The first-order valence-electron chi connectivity index (χ1n) is 6.28. The quantitative estimate of drug-likeness (QED) is 0.626. The average Bonchev–Trinajstić information content (AvgIpc) is 2.17. The highest BCUT2D eigenvalue weighted by atomic mass is 14.8. The Morgan fingerprint density at radius 1 is 1.14 bits per heavy atom. The Morgan fingerprint density at radius 3 is 2.07 bits per heavy atom. The number of hydrogen-bond acceptors (Lipinski definition) is 1. The van der Waals surface area contributed by atoms with Crippen LogP contribution in [0.1, 0.15) is 59.8 Å². The fourth-order valence-electron chi connectivity index (χ4n) is 2.57. The molecule has 0 heterocycles. The fraction of sp³-hybridized carbons (Fsp3) is 1.00. The molecule has 0 bridgehead atoms. The first kappa shape index (κ1) is 14.0. The van der Waals surface area contributed by atoms with Crippen molar-refractivity contribution in [1.82, 2.24) is 5.32 Å². The van der Waals surface area contributed by atoms with E-state index in [0.717, 1.165) is 5.92 Å². The summed E-state index contributed by atoms with van der Waals surface area (Å²) in [6.45, 7) is 10.5. The van der Waals surface area contributed by atoms with Crippen molar-refractivity contribution >= 4 is 0 Å². The lowest BCUT2D eigenvalue weighted by molar-refractivity contribution is 0.192. The third-order valence-corrected chi connectivity index (χ3v) is 3.61. The zero-order valence-corrected chi connectivity index (χ0v) is 10.8. The van der Waals surface area contributed by atoms with E-state index in [-0.39, 0.29) is 0 Å². The molecule has 0 aromatic heterocycles. The summed E-state index contributed by atoms with van der Waals surface area (Å²) in [4.78, 5) is 0. The van der Waals surface area contributed by atoms with Crippen LogP contribution in [0.25, 0.3) is 0 Å². The Hall–Kier alpha value is -0.0400. The first-order chi connectivity index (χ1) is 6.64. The predicted molar refractivity (Wildman–Crippen MR) is 65.6 cm³/mol. The normalized spacial score (nSPS) is 14.4. The highest BCUT2D eigenvalue weighted by Gasteiger charge is 2.26. The lowest BCUT2D eigenvalue weighted by Crippen LogP contribution is -2.33. The second kappa shape index (κ2) is 7.28. The standard InChI is InChI=1S/C13H29N/c1-6-9-12(4)10-13(7-2,8-3)11-14-5/h12,14H,6-11H2,1-5H3. The van der Waals surface area contributed by atoms with Crippen molar-refractivity contribution in [3.8, 4) is 0 Å². The zero-order valence-electron chi connectivity index (χ0n) is 10.8. The van der Waals surface area contributed by atoms with E-state index in [4.69, 9.17) is 0 Å². The van der Waals surface area contributed by atoms with Gasteiger partial charge in [0, 0.05) is 6.54 Å². The molecule has 86 valence electrons. The first-order valence-corrected chi connectivity index (χ1v) is 6.28. The third kappa shape index (κ3) is 4.45. The summed E-state index contributed by atoms with van der Waals surface area (Å²) >= 11 is 0. The van der Waals surface area contributed by atoms with E-state index in [1.54, 1.807) is 0 Å². The van der Waals surface area contributed by atoms with E-state index in [0.29, 0.717) is 5.41 Å². The van der Waals surface area contributed by atoms with Gasteiger partial charge in [0.2, 0.25) is 0 Å². The van der Waals surface area contributed by atoms with Gasteiger partial charge in [-0.3, -0.25) is 0 Å². The second-order valence-corrected chi connectivity index (χ2v) is 4.84. The summed E-state index contributed by atoms with van der Waals surface area (Å²) in [5.41, 5.74) is 0.545. The van der Waals surface area contributed by atoms with Crippen molar-refractivity contribution in [2.75, 3.05) is 13.6 Å². The molecule has 14 heavy (non-hydrogen) atoms. The van der Waals surface area contributed by atoms with Crippen LogP contribution in [0, 0.1) is 11.3 Å². The highest BCUT2D eigenvalue weighted by molar-refractivity contribution is 4.80. The van der Waals surface area contributed by atoms with E-state index < -0.39 is 0 Å². The van der Waals surface area contributed by atoms with Crippen molar-refractivity contribution in [2.45, 2.75) is 59.8 Å². The maximum Gasteiger partial charge on any atom is 0.000470 e. The highest BCUT2D eigenvalue weighted by Crippen LogP contribution is 2.34. The molecule has 0 aliphatic rings. The maximum atomic E-state index is 3.36. The summed E-state index contributed by atoms with van der Waals surface area (Å²) in [5, 5.41) is 3.36. The molecule has 0 saturated carbocycles. The van der Waals surface area contributed by atoms with Crippen molar-refractivity contribution in [2.24, 2.45) is 11.3 Å². The van der Waals surface area contributed by atoms with Gasteiger partial charge in [0.15, 0.2) is 0 Å². The molecule has 0 radical (unpaired) electrons. The lowest BCUT2D eigenvalue weighted by Gasteiger charge is -2.34. The van der Waals surface area contributed by atoms with Crippen LogP contribution < -0.4 is 5.32 Å². The molecular formula is C13H29N. The molecule has 1 unspecified atom stereocenters. The largest absolute Gasteiger partial charge is 0.319 e. The summed E-state index contributed by atoms with van der Waals surface area (Å²) in [7, 11) is 2.07. The van der Waals surface area contributed by atoms with Crippen LogP contribution in [0.15, 0.2) is 0 Å². The molecule has 0 aliphatic carbocycles. The Bertz CT molecular complexity index is 127. The van der Waals surface area contributed by atoms with Crippen molar-refractivity contribution in [3.05, 3.63) is 0 Å². The molecule has 1 heteroatoms. The minimum absolute atomic E-state index is 0.545. The van der Waals surface area contributed by atoms with Crippen LogP contribution in [0.2, 0.25) is 0 Å². The topological polar surface area (TPSA) is 12.0 Å². The van der Waals surface area contributed by atoms with Crippen LogP contribution in [0.3, 0.4) is 0 Å². The third-order valence-electron chi connectivity index (χ3n) is 3.61. The molecular weight excluding hydrogens is 170 g/mol. The second-order valence-electron chi connectivity index (χ2n) is 4.84. The minimum atomic E-state index is 0.545. The molecule has 0 saturated heterocycles. The van der Waals surface area contributed by atoms with Gasteiger partial charge in [-0.05, 0) is 37.6 Å². The minimum Gasteiger partial charge on any atom is -0.319 e. The molecule has 0 aliphatic heterocycles. The molecule has 1 atom stereocenters. The van der Waals surface area contributed by atoms with Gasteiger partial charge in [0.1, 0.15) is 0 Å². The summed E-state index contributed by atoms with van der Waals surface area (Å²) in [6, 6.07) is 0. The van der Waals surface area contributed by atoms with Crippen molar-refractivity contribution in [3.63, 3.8) is 0 Å². The van der Waals surface area contributed by atoms with Gasteiger partial charge in [0.05, 0.1) is 0 Å². The van der Waals surface area contributed by atoms with Crippen LogP contribution >= 0.6 is 0 Å². The summed E-state index contributed by atoms with van der Waals surface area (Å²) in [5.74, 6) is 0.883. The number of rotatable bonds is 8. The maximum absolute atomic E-state index is 3.36. The molecule has 0 aromatic rings. The molecule has 1 nitrogen and oxygen atoms in total. The molecule has 0 aromatic carbocycles. The van der Waals surface area contributed by atoms with Crippen LogP contribution in [0.4, 0.5) is 0 Å². The van der Waals surface area contributed by atoms with Crippen molar-refractivity contribution in [1.29, 1.82) is 0 Å². The monoisotopic (exact) mass is 199 g/mol. The van der Waals surface area contributed by atoms with Gasteiger partial charge in [-0.2, -0.15) is 0 Å². The van der Waals surface area contributed by atoms with Gasteiger partial charge >= 0.3 is 0 Å². The lowest BCUT2D eigenvalue weighted by atomic mass is 9.74. The van der Waals surface area contributed by atoms with Gasteiger partial charge in [-0.25, -0.2) is 0 Å². The predicted octanol–water partition coefficient (Wildman–Crippen LogP) is 3.84. The van der Waals surface area contributed by atoms with Gasteiger partial charge in [-0.15, -0.1) is 0 Å². The van der Waals surface area contributed by atoms with E-state index in [2.05, 4.69) is 40.1 Å². The van der Waals surface area contributed by atoms with E-state index in [1.165, 1.54) is 38.6 Å². The fourth-order valence-corrected chi connectivity index (χ4v) is 2.57. The van der Waals surface area contributed by atoms with Crippen LogP contribution in [-0.4, -0.2) is 13.6 Å². The Labute approximate surface area is 90.7 Å². The summed E-state index contributed by atoms with van der Waals surface area (Å²) < 4.78 is 0. The van der Waals surface area contributed by atoms with Gasteiger partial charge in [-0.1, -0.05) is 40.5 Å². The van der Waals surface area contributed by atoms with E-state index >= 15 is 0 Å². The average molecular weight is 199 g/mol. The molecule has 0 rings (SSSR count). The molecule has 1 N–H and O–H groups in total. The molecule has 0 spiro atoms. The smallest absolute Gasteiger partial charge is 0.000470 e. The van der Waals surface area contributed by atoms with Gasteiger partial charge < -0.3 is 5.32 Å². The summed E-state index contributed by atoms with van der Waals surface area (Å²) in [6.07, 6.45) is 6.70. The van der Waals surface area contributed by atoms with E-state index in [9.17, 15) is 0 Å². The Kier molecular flexibility index (Phi) is 7.26. The molecule has 0 fully saturated rings. The molecule has 0 amide bonds. The van der Waals surface area contributed by atoms with Crippen LogP contribution in [-0.2, 0) is 0 Å². The zero-order chi connectivity index (χ0) is 11.0. The number of nitrogens with one attached hydrogen (secondary N) is 1. The van der Waals surface area contributed by atoms with Crippen molar-refractivity contribution < 1.29 is 0 Å². The van der Waals surface area contributed by atoms with Crippen LogP contribution in [0.5, 0.6) is 0 Å². The SMILES string of the molecule is CCCC(C)CC(CC)(CC)CNC. The van der Waals surface area contributed by atoms with Gasteiger partial charge in [0.25, 0.3) is 0 Å².